The maximum Gasteiger partial charge on any atom is 0.306 e. The second-order valence-corrected chi connectivity index (χ2v) is 9.56. The van der Waals surface area contributed by atoms with Gasteiger partial charge in [-0.15, -0.1) is 0 Å². The monoisotopic (exact) mass is 473 g/mol. The minimum absolute atomic E-state index is 0.00331. The molecule has 1 amide bonds. The quantitative estimate of drug-likeness (QED) is 0.536. The number of amides is 1. The molecular weight excluding hydrogens is 446 g/mol. The van der Waals surface area contributed by atoms with E-state index in [1.807, 2.05) is 58.0 Å². The number of ether oxygens (including phenoxy) is 2. The molecule has 1 heterocycles. The first-order valence-electron chi connectivity index (χ1n) is 10.0. The minimum atomic E-state index is -0.549. The van der Waals surface area contributed by atoms with Crippen LogP contribution >= 0.6 is 15.9 Å². The summed E-state index contributed by atoms with van der Waals surface area (Å²) >= 11 is 3.65. The third kappa shape index (κ3) is 5.22. The van der Waals surface area contributed by atoms with Crippen molar-refractivity contribution in [1.82, 2.24) is 0 Å². The van der Waals surface area contributed by atoms with Gasteiger partial charge >= 0.3 is 5.97 Å². The molecule has 0 aliphatic carbocycles. The van der Waals surface area contributed by atoms with E-state index in [1.54, 1.807) is 12.0 Å². The van der Waals surface area contributed by atoms with Crippen LogP contribution in [0.15, 0.2) is 40.9 Å². The standard InChI is InChI=1S/C24H28BrNO4/c1-15-10-19-17(13-22(28)30-24(2,3)4)12-21(27)26(23(19)20(25)11-15)14-16-6-8-18(29-5)9-7-16/h6-11,17H,12-14H2,1-5H3/t17-/m0/s1. The van der Waals surface area contributed by atoms with Gasteiger partial charge in [-0.2, -0.15) is 0 Å². The van der Waals surface area contributed by atoms with Gasteiger partial charge in [0.25, 0.3) is 0 Å². The molecule has 6 heteroatoms. The summed E-state index contributed by atoms with van der Waals surface area (Å²) in [6, 6.07) is 11.8. The van der Waals surface area contributed by atoms with Crippen LogP contribution in [0, 0.1) is 6.92 Å². The Morgan fingerprint density at radius 2 is 1.87 bits per heavy atom. The molecule has 1 atom stereocenters. The number of hydrogen-bond donors (Lipinski definition) is 0. The molecule has 2 aromatic rings. The maximum atomic E-state index is 13.1. The summed E-state index contributed by atoms with van der Waals surface area (Å²) in [7, 11) is 1.63. The van der Waals surface area contributed by atoms with E-state index in [2.05, 4.69) is 22.0 Å². The summed E-state index contributed by atoms with van der Waals surface area (Å²) in [5.74, 6) is 0.285. The lowest BCUT2D eigenvalue weighted by molar-refractivity contribution is -0.155. The molecule has 1 aliphatic rings. The van der Waals surface area contributed by atoms with Crippen LogP contribution in [0.3, 0.4) is 0 Å². The summed E-state index contributed by atoms with van der Waals surface area (Å²) in [6.45, 7) is 8.02. The topological polar surface area (TPSA) is 55.8 Å². The van der Waals surface area contributed by atoms with Crippen LogP contribution in [-0.4, -0.2) is 24.6 Å². The van der Waals surface area contributed by atoms with E-state index in [9.17, 15) is 9.59 Å². The predicted molar refractivity (Wildman–Crippen MR) is 121 cm³/mol. The van der Waals surface area contributed by atoms with Crippen molar-refractivity contribution < 1.29 is 19.1 Å². The van der Waals surface area contributed by atoms with E-state index in [0.29, 0.717) is 6.54 Å². The zero-order valence-electron chi connectivity index (χ0n) is 18.1. The number of hydrogen-bond acceptors (Lipinski definition) is 4. The first-order chi connectivity index (χ1) is 14.1. The highest BCUT2D eigenvalue weighted by Gasteiger charge is 2.35. The van der Waals surface area contributed by atoms with E-state index in [-0.39, 0.29) is 30.6 Å². The summed E-state index contributed by atoms with van der Waals surface area (Å²) in [5, 5.41) is 0. The van der Waals surface area contributed by atoms with Crippen molar-refractivity contribution in [3.05, 3.63) is 57.6 Å². The van der Waals surface area contributed by atoms with Gasteiger partial charge in [0.15, 0.2) is 0 Å². The molecule has 3 rings (SSSR count). The molecule has 160 valence electrons. The zero-order valence-corrected chi connectivity index (χ0v) is 19.7. The number of aryl methyl sites for hydroxylation is 1. The molecule has 0 saturated carbocycles. The Morgan fingerprint density at radius 1 is 1.20 bits per heavy atom. The Hall–Kier alpha value is -2.34. The Balaban J connectivity index is 1.93. The van der Waals surface area contributed by atoms with Gasteiger partial charge in [-0.05, 0) is 78.5 Å². The predicted octanol–water partition coefficient (Wildman–Crippen LogP) is 5.52. The number of carbonyl (C=O) groups is 2. The number of rotatable bonds is 5. The van der Waals surface area contributed by atoms with E-state index >= 15 is 0 Å². The highest BCUT2D eigenvalue weighted by atomic mass is 79.9. The van der Waals surface area contributed by atoms with Crippen LogP contribution in [0.5, 0.6) is 5.75 Å². The molecule has 0 fully saturated rings. The number of benzene rings is 2. The lowest BCUT2D eigenvalue weighted by atomic mass is 9.85. The number of methoxy groups -OCH3 is 1. The molecule has 0 bridgehead atoms. The van der Waals surface area contributed by atoms with E-state index in [1.165, 1.54) is 0 Å². The molecule has 0 aromatic heterocycles. The largest absolute Gasteiger partial charge is 0.497 e. The first-order valence-corrected chi connectivity index (χ1v) is 10.8. The molecule has 0 radical (unpaired) electrons. The molecule has 0 N–H and O–H groups in total. The molecule has 2 aromatic carbocycles. The van der Waals surface area contributed by atoms with Gasteiger partial charge in [-0.3, -0.25) is 9.59 Å². The number of esters is 1. The van der Waals surface area contributed by atoms with Crippen LogP contribution in [0.1, 0.15) is 56.2 Å². The van der Waals surface area contributed by atoms with Crippen molar-refractivity contribution in [3.8, 4) is 5.75 Å². The fourth-order valence-electron chi connectivity index (χ4n) is 3.76. The average molecular weight is 474 g/mol. The fourth-order valence-corrected chi connectivity index (χ4v) is 4.56. The second kappa shape index (κ2) is 8.80. The lowest BCUT2D eigenvalue weighted by Crippen LogP contribution is -2.37. The van der Waals surface area contributed by atoms with Gasteiger partial charge in [0.2, 0.25) is 5.91 Å². The number of nitrogens with zero attached hydrogens (tertiary/aromatic N) is 1. The summed E-state index contributed by atoms with van der Waals surface area (Å²) < 4.78 is 11.6. The van der Waals surface area contributed by atoms with Crippen molar-refractivity contribution in [2.75, 3.05) is 12.0 Å². The third-order valence-corrected chi connectivity index (χ3v) is 5.61. The normalized spacial score (nSPS) is 16.3. The van der Waals surface area contributed by atoms with Crippen LogP contribution in [0.4, 0.5) is 5.69 Å². The first kappa shape index (κ1) is 22.3. The molecule has 0 spiro atoms. The molecule has 5 nitrogen and oxygen atoms in total. The zero-order chi connectivity index (χ0) is 22.1. The van der Waals surface area contributed by atoms with Crippen molar-refractivity contribution in [3.63, 3.8) is 0 Å². The van der Waals surface area contributed by atoms with Gasteiger partial charge in [0.05, 0.1) is 25.8 Å². The highest BCUT2D eigenvalue weighted by Crippen LogP contribution is 2.44. The van der Waals surface area contributed by atoms with Crippen molar-refractivity contribution in [2.45, 2.75) is 58.6 Å². The van der Waals surface area contributed by atoms with Gasteiger partial charge in [-0.25, -0.2) is 0 Å². The minimum Gasteiger partial charge on any atom is -0.497 e. The summed E-state index contributed by atoms with van der Waals surface area (Å²) in [5.41, 5.74) is 3.37. The molecular formula is C24H28BrNO4. The van der Waals surface area contributed by atoms with E-state index in [0.717, 1.165) is 32.6 Å². The van der Waals surface area contributed by atoms with Crippen LogP contribution in [0.25, 0.3) is 0 Å². The van der Waals surface area contributed by atoms with Crippen LogP contribution in [0.2, 0.25) is 0 Å². The van der Waals surface area contributed by atoms with Crippen molar-refractivity contribution in [1.29, 1.82) is 0 Å². The second-order valence-electron chi connectivity index (χ2n) is 8.70. The highest BCUT2D eigenvalue weighted by molar-refractivity contribution is 9.10. The fraction of sp³-hybridized carbons (Fsp3) is 0.417. The number of anilines is 1. The Bertz CT molecular complexity index is 947. The SMILES string of the molecule is COc1ccc(CN2C(=O)C[C@@H](CC(=O)OC(C)(C)C)c3cc(C)cc(Br)c32)cc1. The van der Waals surface area contributed by atoms with Gasteiger partial charge < -0.3 is 14.4 Å². The molecule has 30 heavy (non-hydrogen) atoms. The van der Waals surface area contributed by atoms with E-state index < -0.39 is 5.60 Å². The number of halogens is 1. The van der Waals surface area contributed by atoms with Crippen LogP contribution < -0.4 is 9.64 Å². The van der Waals surface area contributed by atoms with Gasteiger partial charge in [0, 0.05) is 16.8 Å². The maximum absolute atomic E-state index is 13.1. The summed E-state index contributed by atoms with van der Waals surface area (Å²) in [4.78, 5) is 27.4. The third-order valence-electron chi connectivity index (χ3n) is 5.00. The lowest BCUT2D eigenvalue weighted by Gasteiger charge is -2.35. The van der Waals surface area contributed by atoms with Crippen molar-refractivity contribution in [2.24, 2.45) is 0 Å². The van der Waals surface area contributed by atoms with Gasteiger partial charge in [0.1, 0.15) is 11.4 Å². The molecule has 0 unspecified atom stereocenters. The number of fused-ring (bicyclic) bond motifs is 1. The smallest absolute Gasteiger partial charge is 0.306 e. The van der Waals surface area contributed by atoms with Crippen LogP contribution in [-0.2, 0) is 20.9 Å². The summed E-state index contributed by atoms with van der Waals surface area (Å²) in [6.07, 6.45) is 0.459. The van der Waals surface area contributed by atoms with Gasteiger partial charge in [-0.1, -0.05) is 18.2 Å². The van der Waals surface area contributed by atoms with Crippen molar-refractivity contribution >= 4 is 33.5 Å². The Labute approximate surface area is 186 Å². The molecule has 1 aliphatic heterocycles. The number of carbonyl (C=O) groups excluding carboxylic acids is 2. The average Bonchev–Trinajstić information content (AvgIpc) is 2.63. The Kier molecular flexibility index (Phi) is 6.56. The molecule has 0 saturated heterocycles. The van der Waals surface area contributed by atoms with E-state index in [4.69, 9.17) is 9.47 Å². The Morgan fingerprint density at radius 3 is 2.47 bits per heavy atom.